The van der Waals surface area contributed by atoms with E-state index in [-0.39, 0.29) is 5.91 Å². The fraction of sp³-hybridized carbons (Fsp3) is 0.286. The molecule has 1 heterocycles. The predicted molar refractivity (Wildman–Crippen MR) is 103 cm³/mol. The van der Waals surface area contributed by atoms with E-state index in [4.69, 9.17) is 0 Å². The summed E-state index contributed by atoms with van der Waals surface area (Å²) in [6, 6.07) is 16.2. The van der Waals surface area contributed by atoms with E-state index >= 15 is 0 Å². The third kappa shape index (κ3) is 4.48. The molecule has 3 rings (SSSR count). The average molecular weight is 335 g/mol. The van der Waals surface area contributed by atoms with Crippen molar-refractivity contribution in [1.82, 2.24) is 15.6 Å². The van der Waals surface area contributed by atoms with Crippen molar-refractivity contribution >= 4 is 16.8 Å². The minimum Gasteiger partial charge on any atom is -0.361 e. The lowest BCUT2D eigenvalue weighted by Crippen LogP contribution is -2.24. The van der Waals surface area contributed by atoms with Crippen LogP contribution in [0.2, 0.25) is 0 Å². The van der Waals surface area contributed by atoms with Crippen molar-refractivity contribution in [1.29, 1.82) is 0 Å². The number of hydrogen-bond donors (Lipinski definition) is 3. The summed E-state index contributed by atoms with van der Waals surface area (Å²) in [6.07, 6.45) is 4.07. The Hall–Kier alpha value is -2.59. The van der Waals surface area contributed by atoms with Crippen LogP contribution < -0.4 is 10.6 Å². The van der Waals surface area contributed by atoms with Gasteiger partial charge < -0.3 is 15.6 Å². The highest BCUT2D eigenvalue weighted by Crippen LogP contribution is 2.17. The first-order chi connectivity index (χ1) is 12.3. The molecule has 0 spiro atoms. The molecule has 25 heavy (non-hydrogen) atoms. The highest BCUT2D eigenvalue weighted by molar-refractivity contribution is 5.94. The van der Waals surface area contributed by atoms with Gasteiger partial charge in [-0.15, -0.1) is 0 Å². The zero-order valence-corrected chi connectivity index (χ0v) is 14.6. The summed E-state index contributed by atoms with van der Waals surface area (Å²) >= 11 is 0. The second-order valence-electron chi connectivity index (χ2n) is 6.27. The number of carbonyl (C=O) groups is 1. The van der Waals surface area contributed by atoms with Crippen LogP contribution in [0, 0.1) is 0 Å². The molecular formula is C21H25N3O. The molecule has 1 aromatic heterocycles. The predicted octanol–water partition coefficient (Wildman–Crippen LogP) is 3.99. The van der Waals surface area contributed by atoms with Gasteiger partial charge in [-0.3, -0.25) is 4.79 Å². The van der Waals surface area contributed by atoms with Crippen LogP contribution in [-0.4, -0.2) is 17.4 Å². The molecule has 0 saturated heterocycles. The Balaban J connectivity index is 1.52. The van der Waals surface area contributed by atoms with Crippen LogP contribution in [0.1, 0.15) is 41.3 Å². The topological polar surface area (TPSA) is 56.9 Å². The standard InChI is InChI=1S/C21H25N3O/c1-2-3-12-24-21(25)17-9-7-16(8-10-17)14-22-15-18-5-4-6-20-19(18)11-13-23-20/h4-11,13,22-23H,2-3,12,14-15H2,1H3,(H,24,25). The van der Waals surface area contributed by atoms with E-state index in [1.807, 2.05) is 30.5 Å². The maximum Gasteiger partial charge on any atom is 0.251 e. The number of benzene rings is 2. The molecule has 2 aromatic carbocycles. The van der Waals surface area contributed by atoms with E-state index in [0.717, 1.165) is 43.6 Å². The van der Waals surface area contributed by atoms with E-state index in [9.17, 15) is 4.79 Å². The lowest BCUT2D eigenvalue weighted by Gasteiger charge is -2.08. The lowest BCUT2D eigenvalue weighted by molar-refractivity contribution is 0.0953. The molecule has 3 N–H and O–H groups in total. The van der Waals surface area contributed by atoms with Crippen molar-refractivity contribution < 1.29 is 4.79 Å². The second kappa shape index (κ2) is 8.49. The van der Waals surface area contributed by atoms with Crippen LogP contribution in [0.3, 0.4) is 0 Å². The first kappa shape index (κ1) is 17.2. The molecule has 0 aliphatic rings. The van der Waals surface area contributed by atoms with Crippen LogP contribution in [0.5, 0.6) is 0 Å². The molecule has 1 amide bonds. The van der Waals surface area contributed by atoms with Gasteiger partial charge in [-0.25, -0.2) is 0 Å². The number of amides is 1. The number of H-pyrrole nitrogens is 1. The third-order valence-electron chi connectivity index (χ3n) is 4.36. The Bertz CT molecular complexity index is 821. The van der Waals surface area contributed by atoms with Gasteiger partial charge in [0.05, 0.1) is 0 Å². The van der Waals surface area contributed by atoms with Crippen molar-refractivity contribution in [3.8, 4) is 0 Å². The fourth-order valence-electron chi connectivity index (χ4n) is 2.90. The van der Waals surface area contributed by atoms with E-state index in [1.54, 1.807) is 0 Å². The van der Waals surface area contributed by atoms with Gasteiger partial charge in [-0.1, -0.05) is 37.6 Å². The minimum atomic E-state index is 0.00657. The van der Waals surface area contributed by atoms with Crippen LogP contribution in [0.25, 0.3) is 10.9 Å². The summed E-state index contributed by atoms with van der Waals surface area (Å²) in [5, 5.41) is 7.68. The maximum atomic E-state index is 12.0. The monoisotopic (exact) mass is 335 g/mol. The Morgan fingerprint density at radius 1 is 1.04 bits per heavy atom. The largest absolute Gasteiger partial charge is 0.361 e. The van der Waals surface area contributed by atoms with Crippen molar-refractivity contribution in [2.45, 2.75) is 32.9 Å². The Kier molecular flexibility index (Phi) is 5.86. The lowest BCUT2D eigenvalue weighted by atomic mass is 10.1. The Morgan fingerprint density at radius 3 is 2.68 bits per heavy atom. The van der Waals surface area contributed by atoms with Gasteiger partial charge in [0.25, 0.3) is 5.91 Å². The van der Waals surface area contributed by atoms with E-state index in [1.165, 1.54) is 16.5 Å². The van der Waals surface area contributed by atoms with Gasteiger partial charge in [0.1, 0.15) is 0 Å². The summed E-state index contributed by atoms with van der Waals surface area (Å²) in [5.74, 6) is 0.00657. The van der Waals surface area contributed by atoms with Crippen molar-refractivity contribution in [2.75, 3.05) is 6.54 Å². The molecule has 130 valence electrons. The zero-order valence-electron chi connectivity index (χ0n) is 14.6. The molecule has 4 heteroatoms. The van der Waals surface area contributed by atoms with Gasteiger partial charge in [-0.05, 0) is 41.8 Å². The zero-order chi connectivity index (χ0) is 17.5. The number of carbonyl (C=O) groups excluding carboxylic acids is 1. The van der Waals surface area contributed by atoms with E-state index in [0.29, 0.717) is 0 Å². The van der Waals surface area contributed by atoms with E-state index < -0.39 is 0 Å². The molecule has 4 nitrogen and oxygen atoms in total. The average Bonchev–Trinajstić information content (AvgIpc) is 3.12. The number of rotatable bonds is 8. The number of hydrogen-bond acceptors (Lipinski definition) is 2. The molecule has 0 aliphatic heterocycles. The molecule has 0 fully saturated rings. The van der Waals surface area contributed by atoms with Crippen molar-refractivity contribution in [3.63, 3.8) is 0 Å². The first-order valence-electron chi connectivity index (χ1n) is 8.91. The van der Waals surface area contributed by atoms with Crippen LogP contribution in [-0.2, 0) is 13.1 Å². The van der Waals surface area contributed by atoms with Crippen molar-refractivity contribution in [3.05, 3.63) is 71.4 Å². The number of aromatic nitrogens is 1. The molecule has 0 aliphatic carbocycles. The number of fused-ring (bicyclic) bond motifs is 1. The van der Waals surface area contributed by atoms with Gasteiger partial charge in [0.2, 0.25) is 0 Å². The summed E-state index contributed by atoms with van der Waals surface area (Å²) in [5.41, 5.74) is 4.34. The van der Waals surface area contributed by atoms with Crippen molar-refractivity contribution in [2.24, 2.45) is 0 Å². The Labute approximate surface area is 148 Å². The normalized spacial score (nSPS) is 10.9. The first-order valence-corrected chi connectivity index (χ1v) is 8.91. The summed E-state index contributed by atoms with van der Waals surface area (Å²) < 4.78 is 0. The summed E-state index contributed by atoms with van der Waals surface area (Å²) in [6.45, 7) is 4.45. The number of aromatic amines is 1. The number of unbranched alkanes of at least 4 members (excludes halogenated alkanes) is 1. The van der Waals surface area contributed by atoms with Gasteiger partial charge in [0.15, 0.2) is 0 Å². The fourth-order valence-corrected chi connectivity index (χ4v) is 2.90. The SMILES string of the molecule is CCCCNC(=O)c1ccc(CNCc2cccc3[nH]ccc23)cc1. The third-order valence-corrected chi connectivity index (χ3v) is 4.36. The van der Waals surface area contributed by atoms with E-state index in [2.05, 4.69) is 46.8 Å². The molecule has 3 aromatic rings. The highest BCUT2D eigenvalue weighted by atomic mass is 16.1. The molecule has 0 saturated carbocycles. The highest BCUT2D eigenvalue weighted by Gasteiger charge is 2.05. The van der Waals surface area contributed by atoms with Gasteiger partial charge >= 0.3 is 0 Å². The van der Waals surface area contributed by atoms with Gasteiger partial charge in [0, 0.05) is 42.3 Å². The maximum absolute atomic E-state index is 12.0. The van der Waals surface area contributed by atoms with Crippen LogP contribution in [0.4, 0.5) is 0 Å². The second-order valence-corrected chi connectivity index (χ2v) is 6.27. The summed E-state index contributed by atoms with van der Waals surface area (Å²) in [7, 11) is 0. The molecule has 0 radical (unpaired) electrons. The summed E-state index contributed by atoms with van der Waals surface area (Å²) in [4.78, 5) is 15.2. The molecule has 0 bridgehead atoms. The van der Waals surface area contributed by atoms with Gasteiger partial charge in [-0.2, -0.15) is 0 Å². The molecule has 0 atom stereocenters. The molecular weight excluding hydrogens is 310 g/mol. The quantitative estimate of drug-likeness (QED) is 0.545. The number of nitrogens with one attached hydrogen (secondary N) is 3. The van der Waals surface area contributed by atoms with Crippen LogP contribution >= 0.6 is 0 Å². The van der Waals surface area contributed by atoms with Crippen LogP contribution in [0.15, 0.2) is 54.7 Å². The minimum absolute atomic E-state index is 0.00657. The Morgan fingerprint density at radius 2 is 1.88 bits per heavy atom. The smallest absolute Gasteiger partial charge is 0.251 e. The molecule has 0 unspecified atom stereocenters.